The van der Waals surface area contributed by atoms with Gasteiger partial charge in [0.05, 0.1) is 38.8 Å². The highest BCUT2D eigenvalue weighted by atomic mass is 32.2. The van der Waals surface area contributed by atoms with E-state index >= 15 is 8.78 Å². The maximum Gasteiger partial charge on any atom is 0.293 e. The number of nitro groups is 1. The van der Waals surface area contributed by atoms with Gasteiger partial charge in [-0.1, -0.05) is 38.1 Å². The van der Waals surface area contributed by atoms with Gasteiger partial charge in [0.2, 0.25) is 0 Å². The molecule has 10 rings (SSSR count). The summed E-state index contributed by atoms with van der Waals surface area (Å²) in [6.45, 7) is 9.22. The van der Waals surface area contributed by atoms with Crippen LogP contribution >= 0.6 is 0 Å². The maximum absolute atomic E-state index is 16.5. The summed E-state index contributed by atoms with van der Waals surface area (Å²) >= 11 is 0. The van der Waals surface area contributed by atoms with Crippen molar-refractivity contribution >= 4 is 44.0 Å². The van der Waals surface area contributed by atoms with E-state index in [2.05, 4.69) is 74.5 Å². The molecule has 0 radical (unpaired) electrons. The fraction of sp³-hybridized carbons (Fsp3) is 0.442. The number of H-pyrrole nitrogens is 1. The molecule has 4 fully saturated rings. The first-order valence-corrected chi connectivity index (χ1v) is 26.2. The fourth-order valence-corrected chi connectivity index (χ4v) is 12.2. The van der Waals surface area contributed by atoms with E-state index in [9.17, 15) is 27.7 Å². The molecule has 4 aliphatic rings. The standard InChI is InChI=1S/C52H59F3N10O7S/c1-33(2)38-6-4-5-7-39(38)47-31-62(30-34-26-59-61(3)29-34)16-17-64(47)35-24-51(25-35)10-14-63(15-11-51)45-23-48(72-36-20-40-43(54)28-57-49(40)56-27-36)41(22-42(45)53)50(66)60-73(69,70)37-8-9-44(46(21-37)65(67)68)58-32-52(55)12-18-71-19-13-52/h4-9,20-23,26-29,33,35,47,58H,10-19,24-25,30-32H2,1-3H3,(H,56,57)(H,60,66)/t47-/m0/s1. The first kappa shape index (κ1) is 50.0. The minimum absolute atomic E-state index is 0.0136. The van der Waals surface area contributed by atoms with Crippen molar-refractivity contribution < 1.29 is 40.8 Å². The van der Waals surface area contributed by atoms with Gasteiger partial charge < -0.3 is 24.7 Å². The number of alkyl halides is 1. The van der Waals surface area contributed by atoms with E-state index in [0.29, 0.717) is 25.0 Å². The number of pyridine rings is 1. The molecular formula is C52H59F3N10O7S. The van der Waals surface area contributed by atoms with Crippen LogP contribution in [0.25, 0.3) is 11.0 Å². The maximum atomic E-state index is 16.5. The highest BCUT2D eigenvalue weighted by Crippen LogP contribution is 2.54. The molecule has 73 heavy (non-hydrogen) atoms. The first-order valence-electron chi connectivity index (χ1n) is 24.7. The Balaban J connectivity index is 0.863. The molecule has 3 aliphatic heterocycles. The molecule has 1 aliphatic carbocycles. The van der Waals surface area contributed by atoms with Crippen LogP contribution in [0, 0.1) is 27.2 Å². The minimum Gasteiger partial charge on any atom is -0.455 e. The lowest BCUT2D eigenvalue weighted by molar-refractivity contribution is -0.384. The van der Waals surface area contributed by atoms with Gasteiger partial charge in [-0.15, -0.1) is 0 Å². The Kier molecular flexibility index (Phi) is 13.7. The third-order valence-corrected chi connectivity index (χ3v) is 16.6. The number of piperazine rings is 1. The molecule has 0 bridgehead atoms. The van der Waals surface area contributed by atoms with Crippen molar-refractivity contribution in [2.75, 3.05) is 62.7 Å². The molecule has 3 aromatic carbocycles. The van der Waals surface area contributed by atoms with E-state index in [0.717, 1.165) is 82.3 Å². The molecule has 3 aromatic heterocycles. The Morgan fingerprint density at radius 3 is 2.49 bits per heavy atom. The van der Waals surface area contributed by atoms with E-state index in [1.54, 1.807) is 0 Å². The average molecular weight is 1030 g/mol. The molecule has 1 spiro atoms. The lowest BCUT2D eigenvalue weighted by atomic mass is 9.59. The van der Waals surface area contributed by atoms with E-state index in [-0.39, 0.29) is 78.0 Å². The van der Waals surface area contributed by atoms with Crippen LogP contribution in [-0.2, 0) is 28.4 Å². The van der Waals surface area contributed by atoms with Crippen molar-refractivity contribution in [2.45, 2.75) is 87.5 Å². The summed E-state index contributed by atoms with van der Waals surface area (Å²) in [7, 11) is -2.90. The minimum atomic E-state index is -4.84. The molecule has 0 unspecified atom stereocenters. The zero-order chi connectivity index (χ0) is 51.2. The number of carbonyl (C=O) groups excluding carboxylic acids is 1. The van der Waals surface area contributed by atoms with Crippen LogP contribution in [0.3, 0.4) is 0 Å². The van der Waals surface area contributed by atoms with Gasteiger partial charge in [0, 0.05) is 121 Å². The summed E-state index contributed by atoms with van der Waals surface area (Å²) in [6, 6.07) is 15.9. The van der Waals surface area contributed by atoms with Crippen molar-refractivity contribution in [3.8, 4) is 11.5 Å². The molecule has 1 saturated carbocycles. The van der Waals surface area contributed by atoms with Gasteiger partial charge in [0.15, 0.2) is 0 Å². The number of halogens is 3. The van der Waals surface area contributed by atoms with Crippen LogP contribution in [0.1, 0.15) is 91.4 Å². The van der Waals surface area contributed by atoms with Gasteiger partial charge in [-0.05, 0) is 72.4 Å². The van der Waals surface area contributed by atoms with E-state index < -0.39 is 54.3 Å². The molecule has 21 heteroatoms. The molecule has 17 nitrogen and oxygen atoms in total. The summed E-state index contributed by atoms with van der Waals surface area (Å²) < 4.78 is 89.2. The lowest BCUT2D eigenvalue weighted by Crippen LogP contribution is -2.60. The lowest BCUT2D eigenvalue weighted by Gasteiger charge is -2.58. The number of nitrogens with one attached hydrogen (secondary N) is 3. The van der Waals surface area contributed by atoms with Crippen LogP contribution < -0.4 is 19.7 Å². The summed E-state index contributed by atoms with van der Waals surface area (Å²) in [5.41, 5.74) is 1.35. The Morgan fingerprint density at radius 1 is 1.00 bits per heavy atom. The second-order valence-corrected chi connectivity index (χ2v) is 22.1. The van der Waals surface area contributed by atoms with Crippen LogP contribution in [0.4, 0.5) is 30.2 Å². The van der Waals surface area contributed by atoms with E-state index in [1.165, 1.54) is 35.0 Å². The van der Waals surface area contributed by atoms with Crippen LogP contribution in [-0.4, -0.2) is 113 Å². The fourth-order valence-electron chi connectivity index (χ4n) is 11.2. The smallest absolute Gasteiger partial charge is 0.293 e. The predicted octanol–water partition coefficient (Wildman–Crippen LogP) is 8.76. The molecule has 386 valence electrons. The van der Waals surface area contributed by atoms with Crippen LogP contribution in [0.5, 0.6) is 11.5 Å². The molecular weight excluding hydrogens is 966 g/mol. The number of rotatable bonds is 15. The summed E-state index contributed by atoms with van der Waals surface area (Å²) in [5, 5.41) is 19.3. The van der Waals surface area contributed by atoms with Gasteiger partial charge in [-0.25, -0.2) is 31.3 Å². The Labute approximate surface area is 421 Å². The molecule has 6 heterocycles. The van der Waals surface area contributed by atoms with Gasteiger partial charge in [-0.2, -0.15) is 5.10 Å². The summed E-state index contributed by atoms with van der Waals surface area (Å²) in [5.74, 6) is -2.59. The third kappa shape index (κ3) is 10.5. The number of nitro benzene ring substituents is 1. The van der Waals surface area contributed by atoms with Gasteiger partial charge in [-0.3, -0.25) is 29.4 Å². The number of fused-ring (bicyclic) bond motifs is 1. The topological polar surface area (TPSA) is 193 Å². The average Bonchev–Trinajstić information content (AvgIpc) is 3.96. The van der Waals surface area contributed by atoms with E-state index in [4.69, 9.17) is 9.47 Å². The third-order valence-electron chi connectivity index (χ3n) is 15.3. The number of benzene rings is 3. The molecule has 3 saturated heterocycles. The Hall–Kier alpha value is -6.55. The zero-order valence-electron chi connectivity index (χ0n) is 41.0. The quantitative estimate of drug-likeness (QED) is 0.0654. The highest BCUT2D eigenvalue weighted by Gasteiger charge is 2.50. The second kappa shape index (κ2) is 20.0. The van der Waals surface area contributed by atoms with Crippen molar-refractivity contribution in [1.82, 2.24) is 34.3 Å². The van der Waals surface area contributed by atoms with Gasteiger partial charge in [0.1, 0.15) is 40.1 Å². The number of aromatic nitrogens is 4. The summed E-state index contributed by atoms with van der Waals surface area (Å²) in [6.07, 6.45) is 10.2. The predicted molar refractivity (Wildman–Crippen MR) is 268 cm³/mol. The van der Waals surface area contributed by atoms with Crippen molar-refractivity contribution in [3.05, 3.63) is 129 Å². The molecule has 3 N–H and O–H groups in total. The number of ether oxygens (including phenoxy) is 2. The number of piperidine rings is 1. The highest BCUT2D eigenvalue weighted by molar-refractivity contribution is 7.90. The number of nitrogens with zero attached hydrogens (tertiary/aromatic N) is 7. The summed E-state index contributed by atoms with van der Waals surface area (Å²) in [4.78, 5) is 38.7. The van der Waals surface area contributed by atoms with Gasteiger partial charge in [0.25, 0.3) is 21.6 Å². The zero-order valence-corrected chi connectivity index (χ0v) is 41.8. The number of sulfonamides is 1. The monoisotopic (exact) mass is 1020 g/mol. The Morgan fingerprint density at radius 2 is 1.77 bits per heavy atom. The number of anilines is 2. The largest absolute Gasteiger partial charge is 0.455 e. The number of amides is 1. The molecule has 6 aromatic rings. The normalized spacial score (nSPS) is 19.5. The Bertz CT molecular complexity index is 3150. The number of carbonyl (C=O) groups is 1. The van der Waals surface area contributed by atoms with Crippen molar-refractivity contribution in [1.29, 1.82) is 0 Å². The van der Waals surface area contributed by atoms with E-state index in [1.807, 2.05) is 27.5 Å². The van der Waals surface area contributed by atoms with Crippen molar-refractivity contribution in [3.63, 3.8) is 0 Å². The molecule has 1 amide bonds. The number of aryl methyl sites for hydroxylation is 1. The number of hydrogen-bond acceptors (Lipinski definition) is 13. The SMILES string of the molecule is CC(C)c1ccccc1[C@@H]1CN(Cc2cnn(C)c2)CCN1C1CC2(CCN(c3cc(Oc4cnc5[nH]cc(F)c5c4)c(C(=O)NS(=O)(=O)c4ccc(NCC5(F)CCOCC5)c([N+](=O)[O-])c4)cc3F)CC2)C1. The van der Waals surface area contributed by atoms with Gasteiger partial charge >= 0.3 is 0 Å². The van der Waals surface area contributed by atoms with Crippen LogP contribution in [0.15, 0.2) is 90.3 Å². The number of aromatic amines is 1. The number of hydrogen-bond donors (Lipinski definition) is 3. The van der Waals surface area contributed by atoms with Crippen molar-refractivity contribution in [2.24, 2.45) is 12.5 Å². The van der Waals surface area contributed by atoms with Crippen LogP contribution in [0.2, 0.25) is 0 Å². The first-order chi connectivity index (χ1) is 34.9. The second-order valence-electron chi connectivity index (χ2n) is 20.4. The molecule has 1 atom stereocenters.